The first-order valence-corrected chi connectivity index (χ1v) is 7.58. The zero-order chi connectivity index (χ0) is 12.4. The van der Waals surface area contributed by atoms with E-state index in [1.165, 1.54) is 6.42 Å². The van der Waals surface area contributed by atoms with Crippen molar-refractivity contribution in [2.45, 2.75) is 49.9 Å². The first-order valence-electron chi connectivity index (χ1n) is 6.30. The fourth-order valence-corrected chi connectivity index (χ4v) is 3.83. The van der Waals surface area contributed by atoms with Crippen molar-refractivity contribution in [2.24, 2.45) is 0 Å². The van der Waals surface area contributed by atoms with Crippen molar-refractivity contribution >= 4 is 23.6 Å². The molecule has 0 aromatic heterocycles. The number of rotatable bonds is 3. The number of nitrogens with zero attached hydrogens (tertiary/aromatic N) is 1. The first kappa shape index (κ1) is 12.7. The quantitative estimate of drug-likeness (QED) is 0.820. The van der Waals surface area contributed by atoms with Gasteiger partial charge in [-0.2, -0.15) is 11.8 Å². The minimum atomic E-state index is -0.306. The lowest BCUT2D eigenvalue weighted by molar-refractivity contribution is -0.146. The molecule has 1 N–H and O–H groups in total. The zero-order valence-corrected chi connectivity index (χ0v) is 11.3. The minimum absolute atomic E-state index is 0.0109. The second-order valence-corrected chi connectivity index (χ2v) is 5.84. The van der Waals surface area contributed by atoms with Crippen molar-refractivity contribution in [1.29, 1.82) is 0 Å². The smallest absolute Gasteiger partial charge is 0.245 e. The molecule has 4 nitrogen and oxygen atoms in total. The number of piperazine rings is 1. The number of carbonyl (C=O) groups is 2. The molecule has 1 saturated carbocycles. The maximum atomic E-state index is 12.3. The first-order chi connectivity index (χ1) is 8.17. The number of amides is 2. The topological polar surface area (TPSA) is 49.4 Å². The molecule has 5 heteroatoms. The van der Waals surface area contributed by atoms with E-state index in [9.17, 15) is 9.59 Å². The third kappa shape index (κ3) is 2.44. The van der Waals surface area contributed by atoms with Gasteiger partial charge in [0, 0.05) is 11.3 Å². The summed E-state index contributed by atoms with van der Waals surface area (Å²) < 4.78 is 0. The molecule has 1 aliphatic carbocycles. The highest BCUT2D eigenvalue weighted by atomic mass is 32.2. The molecule has 96 valence electrons. The maximum Gasteiger partial charge on any atom is 0.245 e. The Kier molecular flexibility index (Phi) is 3.97. The van der Waals surface area contributed by atoms with Crippen LogP contribution in [0.25, 0.3) is 0 Å². The lowest BCUT2D eigenvalue weighted by Gasteiger charge is -2.38. The van der Waals surface area contributed by atoms with Gasteiger partial charge in [-0.25, -0.2) is 0 Å². The molecule has 2 fully saturated rings. The Balaban J connectivity index is 2.13. The molecule has 3 atom stereocenters. The van der Waals surface area contributed by atoms with E-state index in [0.717, 1.165) is 12.8 Å². The summed E-state index contributed by atoms with van der Waals surface area (Å²) in [5, 5.41) is 3.27. The Bertz CT molecular complexity index is 322. The van der Waals surface area contributed by atoms with Crippen molar-refractivity contribution in [1.82, 2.24) is 10.2 Å². The van der Waals surface area contributed by atoms with E-state index in [4.69, 9.17) is 0 Å². The second kappa shape index (κ2) is 5.29. The highest BCUT2D eigenvalue weighted by Gasteiger charge is 2.40. The van der Waals surface area contributed by atoms with Crippen LogP contribution in [-0.2, 0) is 9.59 Å². The lowest BCUT2D eigenvalue weighted by Crippen LogP contribution is -2.61. The number of carbonyl (C=O) groups excluding carboxylic acids is 2. The molecule has 2 rings (SSSR count). The summed E-state index contributed by atoms with van der Waals surface area (Å²) in [4.78, 5) is 25.7. The molecule has 2 amide bonds. The zero-order valence-electron chi connectivity index (χ0n) is 10.4. The van der Waals surface area contributed by atoms with Crippen LogP contribution >= 0.6 is 11.8 Å². The van der Waals surface area contributed by atoms with Crippen LogP contribution in [0, 0.1) is 0 Å². The molecule has 0 bridgehead atoms. The van der Waals surface area contributed by atoms with Crippen molar-refractivity contribution in [3.63, 3.8) is 0 Å². The van der Waals surface area contributed by atoms with Crippen molar-refractivity contribution in [3.8, 4) is 0 Å². The summed E-state index contributed by atoms with van der Waals surface area (Å²) >= 11 is 1.82. The van der Waals surface area contributed by atoms with Gasteiger partial charge in [0.25, 0.3) is 0 Å². The lowest BCUT2D eigenvalue weighted by atomic mass is 10.1. The molecule has 1 saturated heterocycles. The van der Waals surface area contributed by atoms with Gasteiger partial charge < -0.3 is 10.2 Å². The van der Waals surface area contributed by atoms with E-state index in [1.807, 2.05) is 23.6 Å². The highest BCUT2D eigenvalue weighted by molar-refractivity contribution is 7.99. The molecular weight excluding hydrogens is 236 g/mol. The number of hydrogen-bond acceptors (Lipinski definition) is 3. The number of hydrogen-bond donors (Lipinski definition) is 1. The van der Waals surface area contributed by atoms with Crippen molar-refractivity contribution < 1.29 is 9.59 Å². The molecular formula is C12H20N2O2S. The molecule has 0 aromatic rings. The summed E-state index contributed by atoms with van der Waals surface area (Å²) in [7, 11) is 0. The molecule has 1 aliphatic heterocycles. The summed E-state index contributed by atoms with van der Waals surface area (Å²) in [6.45, 7) is 2.18. The second-order valence-electron chi connectivity index (χ2n) is 4.77. The Labute approximate surface area is 106 Å². The maximum absolute atomic E-state index is 12.3. The van der Waals surface area contributed by atoms with Gasteiger partial charge in [0.1, 0.15) is 6.04 Å². The molecule has 3 unspecified atom stereocenters. The fraction of sp³-hybridized carbons (Fsp3) is 0.833. The van der Waals surface area contributed by atoms with Crippen LogP contribution in [0.15, 0.2) is 0 Å². The van der Waals surface area contributed by atoms with E-state index in [2.05, 4.69) is 11.6 Å². The van der Waals surface area contributed by atoms with E-state index in [-0.39, 0.29) is 30.4 Å². The largest absolute Gasteiger partial charge is 0.343 e. The standard InChI is InChI=1S/C12H20N2O2S/c1-3-8-12(16)14(7-11(15)13-8)9-5-4-6-10(9)17-2/h8-10H,3-7H2,1-2H3,(H,13,15). The fourth-order valence-electron chi connectivity index (χ4n) is 2.83. The molecule has 0 spiro atoms. The monoisotopic (exact) mass is 256 g/mol. The number of thioether (sulfide) groups is 1. The average Bonchev–Trinajstić information content (AvgIpc) is 2.79. The van der Waals surface area contributed by atoms with Crippen LogP contribution in [0.5, 0.6) is 0 Å². The highest BCUT2D eigenvalue weighted by Crippen LogP contribution is 2.33. The summed E-state index contributed by atoms with van der Waals surface area (Å²) in [6, 6.07) is -0.0445. The Hall–Kier alpha value is -0.710. The Morgan fingerprint density at radius 2 is 2.18 bits per heavy atom. The van der Waals surface area contributed by atoms with E-state index in [1.54, 1.807) is 0 Å². The van der Waals surface area contributed by atoms with Gasteiger partial charge in [0.15, 0.2) is 0 Å². The van der Waals surface area contributed by atoms with Crippen molar-refractivity contribution in [3.05, 3.63) is 0 Å². The SMILES string of the molecule is CCC1NC(=O)CN(C2CCCC2SC)C1=O. The minimum Gasteiger partial charge on any atom is -0.343 e. The van der Waals surface area contributed by atoms with Crippen LogP contribution in [0.1, 0.15) is 32.6 Å². The van der Waals surface area contributed by atoms with Gasteiger partial charge in [-0.1, -0.05) is 13.3 Å². The van der Waals surface area contributed by atoms with Crippen LogP contribution in [-0.4, -0.2) is 46.8 Å². The van der Waals surface area contributed by atoms with Crippen LogP contribution < -0.4 is 5.32 Å². The Morgan fingerprint density at radius 1 is 1.41 bits per heavy atom. The van der Waals surface area contributed by atoms with Crippen LogP contribution in [0.4, 0.5) is 0 Å². The molecule has 0 aromatic carbocycles. The molecule has 0 radical (unpaired) electrons. The normalized spacial score (nSPS) is 34.0. The summed E-state index contributed by atoms with van der Waals surface area (Å²) in [5.74, 6) is 0.0984. The van der Waals surface area contributed by atoms with Crippen molar-refractivity contribution in [2.75, 3.05) is 12.8 Å². The van der Waals surface area contributed by atoms with Crippen LogP contribution in [0.2, 0.25) is 0 Å². The van der Waals surface area contributed by atoms with Gasteiger partial charge >= 0.3 is 0 Å². The van der Waals surface area contributed by atoms with E-state index < -0.39 is 0 Å². The van der Waals surface area contributed by atoms with Gasteiger partial charge in [0.2, 0.25) is 11.8 Å². The van der Waals surface area contributed by atoms with E-state index >= 15 is 0 Å². The van der Waals surface area contributed by atoms with Gasteiger partial charge in [0.05, 0.1) is 6.54 Å². The predicted molar refractivity (Wildman–Crippen MR) is 68.9 cm³/mol. The van der Waals surface area contributed by atoms with Gasteiger partial charge in [-0.3, -0.25) is 9.59 Å². The van der Waals surface area contributed by atoms with Crippen LogP contribution in [0.3, 0.4) is 0 Å². The summed E-state index contributed by atoms with van der Waals surface area (Å²) in [6.07, 6.45) is 6.14. The molecule has 1 heterocycles. The number of nitrogens with one attached hydrogen (secondary N) is 1. The predicted octanol–water partition coefficient (Wildman–Crippen LogP) is 1.01. The third-order valence-electron chi connectivity index (χ3n) is 3.76. The van der Waals surface area contributed by atoms with Gasteiger partial charge in [-0.05, 0) is 25.5 Å². The average molecular weight is 256 g/mol. The summed E-state index contributed by atoms with van der Waals surface area (Å²) in [5.41, 5.74) is 0. The van der Waals surface area contributed by atoms with Gasteiger partial charge in [-0.15, -0.1) is 0 Å². The molecule has 2 aliphatic rings. The third-order valence-corrected chi connectivity index (χ3v) is 4.91. The molecule has 17 heavy (non-hydrogen) atoms. The van der Waals surface area contributed by atoms with E-state index in [0.29, 0.717) is 11.7 Å². The Morgan fingerprint density at radius 3 is 2.82 bits per heavy atom.